The fourth-order valence-corrected chi connectivity index (χ4v) is 2.55. The van der Waals surface area contributed by atoms with Gasteiger partial charge < -0.3 is 14.6 Å². The van der Waals surface area contributed by atoms with E-state index in [1.54, 1.807) is 6.07 Å². The van der Waals surface area contributed by atoms with Crippen molar-refractivity contribution >= 4 is 5.88 Å². The van der Waals surface area contributed by atoms with E-state index in [0.717, 1.165) is 19.1 Å². The number of furan rings is 1. The molecule has 106 valence electrons. The smallest absolute Gasteiger partial charge is 0.404 e. The zero-order valence-electron chi connectivity index (χ0n) is 11.3. The van der Waals surface area contributed by atoms with Gasteiger partial charge in [0.05, 0.1) is 12.6 Å². The van der Waals surface area contributed by atoms with Gasteiger partial charge in [-0.2, -0.15) is 0 Å². The maximum Gasteiger partial charge on any atom is 0.433 e. The van der Waals surface area contributed by atoms with E-state index in [1.807, 2.05) is 0 Å². The molecule has 1 saturated carbocycles. The van der Waals surface area contributed by atoms with Gasteiger partial charge in [0.25, 0.3) is 0 Å². The second-order valence-electron chi connectivity index (χ2n) is 5.09. The maximum atomic E-state index is 10.5. The molecule has 0 spiro atoms. The van der Waals surface area contributed by atoms with E-state index >= 15 is 0 Å². The molecule has 1 aromatic rings. The van der Waals surface area contributed by atoms with Crippen LogP contribution in [-0.4, -0.2) is 36.0 Å². The number of likely N-dealkylation sites (N-methyl/N-ethyl adjacent to an activating group) is 1. The van der Waals surface area contributed by atoms with Crippen molar-refractivity contribution in [3.8, 4) is 0 Å². The minimum atomic E-state index is -0.516. The third-order valence-corrected chi connectivity index (χ3v) is 3.72. The zero-order valence-corrected chi connectivity index (χ0v) is 11.3. The quantitative estimate of drug-likeness (QED) is 0.465. The Hall–Kier alpha value is -1.40. The topological polar surface area (TPSA) is 71.5 Å². The fourth-order valence-electron chi connectivity index (χ4n) is 2.55. The number of rotatable bonds is 7. The molecular weight excluding hydrogens is 246 g/mol. The van der Waals surface area contributed by atoms with Crippen LogP contribution in [0.5, 0.6) is 0 Å². The van der Waals surface area contributed by atoms with Gasteiger partial charge >= 0.3 is 5.88 Å². The highest BCUT2D eigenvalue weighted by Crippen LogP contribution is 2.21. The van der Waals surface area contributed by atoms with E-state index in [2.05, 4.69) is 17.3 Å². The molecule has 6 nitrogen and oxygen atoms in total. The van der Waals surface area contributed by atoms with E-state index in [9.17, 15) is 10.1 Å². The molecule has 0 amide bonds. The van der Waals surface area contributed by atoms with Crippen molar-refractivity contribution in [3.05, 3.63) is 28.0 Å². The molecule has 0 unspecified atom stereocenters. The van der Waals surface area contributed by atoms with Crippen LogP contribution in [0.15, 0.2) is 16.5 Å². The molecule has 2 rings (SSSR count). The summed E-state index contributed by atoms with van der Waals surface area (Å²) in [6.07, 6.45) is 5.30. The lowest BCUT2D eigenvalue weighted by atomic mass is 10.2. The molecule has 1 N–H and O–H groups in total. The van der Waals surface area contributed by atoms with E-state index in [0.29, 0.717) is 12.3 Å². The van der Waals surface area contributed by atoms with Gasteiger partial charge in [0.15, 0.2) is 0 Å². The van der Waals surface area contributed by atoms with Gasteiger partial charge in [-0.1, -0.05) is 12.8 Å². The van der Waals surface area contributed by atoms with Crippen LogP contribution in [0.25, 0.3) is 0 Å². The molecule has 1 aromatic heterocycles. The highest BCUT2D eigenvalue weighted by Gasteiger charge is 2.18. The molecule has 1 heterocycles. The molecule has 1 aliphatic carbocycles. The third-order valence-electron chi connectivity index (χ3n) is 3.72. The van der Waals surface area contributed by atoms with Gasteiger partial charge in [-0.25, -0.2) is 0 Å². The lowest BCUT2D eigenvalue weighted by Gasteiger charge is -2.23. The van der Waals surface area contributed by atoms with Gasteiger partial charge in [0.2, 0.25) is 0 Å². The van der Waals surface area contributed by atoms with E-state index in [-0.39, 0.29) is 5.88 Å². The van der Waals surface area contributed by atoms with Crippen molar-refractivity contribution < 1.29 is 9.34 Å². The van der Waals surface area contributed by atoms with Gasteiger partial charge in [-0.15, -0.1) is 0 Å². The Balaban J connectivity index is 1.64. The highest BCUT2D eigenvalue weighted by molar-refractivity contribution is 5.17. The zero-order chi connectivity index (χ0) is 13.7. The Kier molecular flexibility index (Phi) is 4.93. The summed E-state index contributed by atoms with van der Waals surface area (Å²) in [5, 5.41) is 13.7. The molecule has 1 fully saturated rings. The molecule has 0 aliphatic heterocycles. The molecule has 0 bridgehead atoms. The predicted molar refractivity (Wildman–Crippen MR) is 72.0 cm³/mol. The van der Waals surface area contributed by atoms with Crippen LogP contribution in [0.1, 0.15) is 31.4 Å². The summed E-state index contributed by atoms with van der Waals surface area (Å²) in [6.45, 7) is 2.39. The van der Waals surface area contributed by atoms with Crippen LogP contribution < -0.4 is 5.32 Å². The maximum absolute atomic E-state index is 10.5. The lowest BCUT2D eigenvalue weighted by Crippen LogP contribution is -2.35. The van der Waals surface area contributed by atoms with Crippen molar-refractivity contribution in [2.24, 2.45) is 0 Å². The molecule has 6 heteroatoms. The second kappa shape index (κ2) is 6.68. The van der Waals surface area contributed by atoms with E-state index in [1.165, 1.54) is 31.7 Å². The third kappa shape index (κ3) is 4.04. The normalized spacial score (nSPS) is 16.3. The summed E-state index contributed by atoms with van der Waals surface area (Å²) >= 11 is 0. The first-order valence-electron chi connectivity index (χ1n) is 6.81. The van der Waals surface area contributed by atoms with Gasteiger partial charge in [-0.05, 0) is 26.0 Å². The molecule has 19 heavy (non-hydrogen) atoms. The number of nitrogens with one attached hydrogen (secondary N) is 1. The first-order chi connectivity index (χ1) is 9.16. The summed E-state index contributed by atoms with van der Waals surface area (Å²) in [5.74, 6) is 0.412. The molecule has 0 radical (unpaired) electrons. The second-order valence-corrected chi connectivity index (χ2v) is 5.09. The van der Waals surface area contributed by atoms with E-state index in [4.69, 9.17) is 4.42 Å². The number of nitro groups is 1. The van der Waals surface area contributed by atoms with Crippen molar-refractivity contribution in [1.29, 1.82) is 0 Å². The molecule has 0 aromatic carbocycles. The van der Waals surface area contributed by atoms with Gasteiger partial charge in [0.1, 0.15) is 10.7 Å². The summed E-state index contributed by atoms with van der Waals surface area (Å²) < 4.78 is 5.08. The summed E-state index contributed by atoms with van der Waals surface area (Å²) in [5.41, 5.74) is 0. The first kappa shape index (κ1) is 14.0. The highest BCUT2D eigenvalue weighted by atomic mass is 16.6. The lowest BCUT2D eigenvalue weighted by molar-refractivity contribution is -0.402. The monoisotopic (exact) mass is 267 g/mol. The van der Waals surface area contributed by atoms with Crippen molar-refractivity contribution in [3.63, 3.8) is 0 Å². The van der Waals surface area contributed by atoms with E-state index < -0.39 is 4.92 Å². The minimum Gasteiger partial charge on any atom is -0.404 e. The van der Waals surface area contributed by atoms with Crippen LogP contribution in [-0.2, 0) is 6.54 Å². The summed E-state index contributed by atoms with van der Waals surface area (Å²) in [4.78, 5) is 12.3. The van der Waals surface area contributed by atoms with Crippen LogP contribution in [0.2, 0.25) is 0 Å². The Bertz CT molecular complexity index is 413. The SMILES string of the molecule is CN(CCNCc1ccc([N+](=O)[O-])o1)C1CCCC1. The Labute approximate surface area is 112 Å². The van der Waals surface area contributed by atoms with Crippen LogP contribution in [0.3, 0.4) is 0 Å². The Morgan fingerprint density at radius 3 is 2.84 bits per heavy atom. The summed E-state index contributed by atoms with van der Waals surface area (Å²) in [7, 11) is 2.16. The molecular formula is C13H21N3O3. The molecule has 1 aliphatic rings. The van der Waals surface area contributed by atoms with Gasteiger partial charge in [-0.3, -0.25) is 10.1 Å². The molecule has 0 atom stereocenters. The Morgan fingerprint density at radius 1 is 1.47 bits per heavy atom. The average molecular weight is 267 g/mol. The van der Waals surface area contributed by atoms with Crippen LogP contribution in [0.4, 0.5) is 5.88 Å². The largest absolute Gasteiger partial charge is 0.433 e. The van der Waals surface area contributed by atoms with Crippen LogP contribution >= 0.6 is 0 Å². The number of hydrogen-bond donors (Lipinski definition) is 1. The number of hydrogen-bond acceptors (Lipinski definition) is 5. The standard InChI is InChI=1S/C13H21N3O3/c1-15(11-4-2-3-5-11)9-8-14-10-12-6-7-13(19-12)16(17)18/h6-7,11,14H,2-5,8-10H2,1H3. The molecule has 0 saturated heterocycles. The van der Waals surface area contributed by atoms with Crippen molar-refractivity contribution in [2.75, 3.05) is 20.1 Å². The fraction of sp³-hybridized carbons (Fsp3) is 0.692. The van der Waals surface area contributed by atoms with Crippen molar-refractivity contribution in [2.45, 2.75) is 38.3 Å². The van der Waals surface area contributed by atoms with Crippen LogP contribution in [0, 0.1) is 10.1 Å². The minimum absolute atomic E-state index is 0.195. The predicted octanol–water partition coefficient (Wildman–Crippen LogP) is 2.15. The Morgan fingerprint density at radius 2 is 2.21 bits per heavy atom. The summed E-state index contributed by atoms with van der Waals surface area (Å²) in [6, 6.07) is 3.76. The van der Waals surface area contributed by atoms with Crippen molar-refractivity contribution in [1.82, 2.24) is 10.2 Å². The average Bonchev–Trinajstić information content (AvgIpc) is 3.05. The number of nitrogens with zero attached hydrogens (tertiary/aromatic N) is 2. The van der Waals surface area contributed by atoms with Gasteiger partial charge in [0, 0.05) is 19.1 Å². The first-order valence-corrected chi connectivity index (χ1v) is 6.81.